The lowest BCUT2D eigenvalue weighted by Gasteiger charge is -2.05. The van der Waals surface area contributed by atoms with Crippen LogP contribution in [-0.2, 0) is 0 Å². The van der Waals surface area contributed by atoms with Crippen molar-refractivity contribution in [2.75, 3.05) is 12.8 Å². The number of hydrogen-bond donors (Lipinski definition) is 1. The Balaban J connectivity index is 2.00. The second-order valence-corrected chi connectivity index (χ2v) is 4.04. The van der Waals surface area contributed by atoms with Gasteiger partial charge in [-0.1, -0.05) is 0 Å². The summed E-state index contributed by atoms with van der Waals surface area (Å²) in [5, 5.41) is 4.44. The topological polar surface area (TPSA) is 66.2 Å². The molecular weight excluding hydrogens is 242 g/mol. The molecule has 0 aliphatic rings. The van der Waals surface area contributed by atoms with Crippen LogP contribution in [-0.4, -0.2) is 16.9 Å². The lowest BCUT2D eigenvalue weighted by atomic mass is 10.3. The molecular formula is C14H13N3O2. The Labute approximate surface area is 110 Å². The summed E-state index contributed by atoms with van der Waals surface area (Å²) in [7, 11) is 1.63. The maximum atomic E-state index is 5.98. The third-order valence-corrected chi connectivity index (χ3v) is 2.83. The van der Waals surface area contributed by atoms with Crippen LogP contribution in [0.15, 0.2) is 53.1 Å². The molecule has 2 N–H and O–H groups in total. The molecule has 19 heavy (non-hydrogen) atoms. The summed E-state index contributed by atoms with van der Waals surface area (Å²) >= 11 is 0. The van der Waals surface area contributed by atoms with Crippen LogP contribution in [0.5, 0.6) is 5.75 Å². The van der Waals surface area contributed by atoms with Crippen molar-refractivity contribution >= 4 is 5.82 Å². The molecule has 96 valence electrons. The fourth-order valence-electron chi connectivity index (χ4n) is 1.87. The lowest BCUT2D eigenvalue weighted by molar-refractivity contribution is 0.414. The average Bonchev–Trinajstić information content (AvgIpc) is 3.08. The molecule has 0 saturated carbocycles. The lowest BCUT2D eigenvalue weighted by Crippen LogP contribution is -2.01. The first kappa shape index (κ1) is 11.4. The number of methoxy groups -OCH3 is 1. The summed E-state index contributed by atoms with van der Waals surface area (Å²) in [6.45, 7) is 0. The Hall–Kier alpha value is -2.69. The van der Waals surface area contributed by atoms with Gasteiger partial charge in [0.2, 0.25) is 0 Å². The van der Waals surface area contributed by atoms with Crippen LogP contribution in [0.1, 0.15) is 0 Å². The van der Waals surface area contributed by atoms with Crippen molar-refractivity contribution in [3.05, 3.63) is 48.7 Å². The van der Waals surface area contributed by atoms with Gasteiger partial charge in [-0.15, -0.1) is 0 Å². The number of benzene rings is 1. The van der Waals surface area contributed by atoms with Crippen molar-refractivity contribution in [3.8, 4) is 22.9 Å². The molecule has 0 fully saturated rings. The van der Waals surface area contributed by atoms with Crippen molar-refractivity contribution in [2.24, 2.45) is 0 Å². The Bertz CT molecular complexity index is 669. The molecule has 0 saturated heterocycles. The number of aromatic nitrogens is 2. The number of furan rings is 1. The van der Waals surface area contributed by atoms with Gasteiger partial charge in [0.1, 0.15) is 17.3 Å². The summed E-state index contributed by atoms with van der Waals surface area (Å²) in [5.41, 5.74) is 7.56. The van der Waals surface area contributed by atoms with E-state index in [2.05, 4.69) is 5.10 Å². The number of nitrogen functional groups attached to an aromatic ring is 1. The average molecular weight is 255 g/mol. The van der Waals surface area contributed by atoms with Gasteiger partial charge < -0.3 is 14.9 Å². The maximum absolute atomic E-state index is 5.98. The highest BCUT2D eigenvalue weighted by molar-refractivity contribution is 5.58. The smallest absolute Gasteiger partial charge is 0.154 e. The number of hydrogen-bond acceptors (Lipinski definition) is 4. The first-order chi connectivity index (χ1) is 9.28. The zero-order chi connectivity index (χ0) is 13.2. The van der Waals surface area contributed by atoms with Crippen molar-refractivity contribution in [1.82, 2.24) is 9.78 Å². The van der Waals surface area contributed by atoms with Crippen molar-refractivity contribution in [1.29, 1.82) is 0 Å². The molecule has 0 aliphatic carbocycles. The molecule has 0 aliphatic heterocycles. The van der Waals surface area contributed by atoms with E-state index in [0.29, 0.717) is 17.3 Å². The molecule has 5 nitrogen and oxygen atoms in total. The molecule has 3 rings (SSSR count). The molecule has 0 atom stereocenters. The van der Waals surface area contributed by atoms with Gasteiger partial charge in [0.15, 0.2) is 5.76 Å². The number of ether oxygens (including phenoxy) is 1. The Kier molecular flexibility index (Phi) is 2.72. The quantitative estimate of drug-likeness (QED) is 0.781. The van der Waals surface area contributed by atoms with Gasteiger partial charge in [0.05, 0.1) is 19.1 Å². The van der Waals surface area contributed by atoms with E-state index in [1.807, 2.05) is 36.4 Å². The van der Waals surface area contributed by atoms with Crippen LogP contribution < -0.4 is 10.5 Å². The van der Waals surface area contributed by atoms with Crippen LogP contribution in [0.3, 0.4) is 0 Å². The highest BCUT2D eigenvalue weighted by Gasteiger charge is 2.10. The van der Waals surface area contributed by atoms with Crippen LogP contribution in [0.25, 0.3) is 17.1 Å². The third kappa shape index (κ3) is 2.06. The second-order valence-electron chi connectivity index (χ2n) is 4.04. The van der Waals surface area contributed by atoms with Crippen molar-refractivity contribution in [3.63, 3.8) is 0 Å². The van der Waals surface area contributed by atoms with E-state index in [-0.39, 0.29) is 0 Å². The third-order valence-electron chi connectivity index (χ3n) is 2.83. The molecule has 2 heterocycles. The normalized spacial score (nSPS) is 10.6. The van der Waals surface area contributed by atoms with Crippen molar-refractivity contribution in [2.45, 2.75) is 0 Å². The zero-order valence-electron chi connectivity index (χ0n) is 10.4. The SMILES string of the molecule is COc1ccc(-n2nc(-c3ccco3)cc2N)cc1. The number of nitrogens with two attached hydrogens (primary N) is 1. The Morgan fingerprint density at radius 2 is 2.00 bits per heavy atom. The van der Waals surface area contributed by atoms with Crippen LogP contribution >= 0.6 is 0 Å². The summed E-state index contributed by atoms with van der Waals surface area (Å²) in [5.74, 6) is 2.04. The van der Waals surface area contributed by atoms with Gasteiger partial charge in [-0.2, -0.15) is 5.10 Å². The van der Waals surface area contributed by atoms with E-state index in [1.165, 1.54) is 0 Å². The van der Waals surface area contributed by atoms with Gasteiger partial charge >= 0.3 is 0 Å². The van der Waals surface area contributed by atoms with Crippen LogP contribution in [0.4, 0.5) is 5.82 Å². The zero-order valence-corrected chi connectivity index (χ0v) is 10.4. The van der Waals surface area contributed by atoms with E-state index >= 15 is 0 Å². The van der Waals surface area contributed by atoms with Crippen LogP contribution in [0.2, 0.25) is 0 Å². The minimum absolute atomic E-state index is 0.552. The van der Waals surface area contributed by atoms with E-state index in [0.717, 1.165) is 11.4 Å². The molecule has 0 amide bonds. The van der Waals surface area contributed by atoms with Gasteiger partial charge in [-0.3, -0.25) is 0 Å². The number of anilines is 1. The first-order valence-corrected chi connectivity index (χ1v) is 5.82. The number of nitrogens with zero attached hydrogens (tertiary/aromatic N) is 2. The molecule has 2 aromatic heterocycles. The Morgan fingerprint density at radius 3 is 2.63 bits per heavy atom. The standard InChI is InChI=1S/C14H13N3O2/c1-18-11-6-4-10(5-7-11)17-14(15)9-12(16-17)13-3-2-8-19-13/h2-9H,15H2,1H3. The summed E-state index contributed by atoms with van der Waals surface area (Å²) in [6.07, 6.45) is 1.61. The van der Waals surface area contributed by atoms with Gasteiger partial charge in [-0.25, -0.2) is 4.68 Å². The molecule has 5 heteroatoms. The van der Waals surface area contributed by atoms with Gasteiger partial charge in [0, 0.05) is 6.07 Å². The first-order valence-electron chi connectivity index (χ1n) is 5.82. The fourth-order valence-corrected chi connectivity index (χ4v) is 1.87. The summed E-state index contributed by atoms with van der Waals surface area (Å²) in [4.78, 5) is 0. The highest BCUT2D eigenvalue weighted by Crippen LogP contribution is 2.24. The fraction of sp³-hybridized carbons (Fsp3) is 0.0714. The summed E-state index contributed by atoms with van der Waals surface area (Å²) < 4.78 is 12.1. The van der Waals surface area contributed by atoms with Gasteiger partial charge in [-0.05, 0) is 36.4 Å². The predicted octanol–water partition coefficient (Wildman–Crippen LogP) is 2.72. The Morgan fingerprint density at radius 1 is 1.21 bits per heavy atom. The van der Waals surface area contributed by atoms with E-state index in [4.69, 9.17) is 14.9 Å². The number of rotatable bonds is 3. The largest absolute Gasteiger partial charge is 0.497 e. The minimum atomic E-state index is 0.552. The van der Waals surface area contributed by atoms with E-state index < -0.39 is 0 Å². The maximum Gasteiger partial charge on any atom is 0.154 e. The van der Waals surface area contributed by atoms with E-state index in [9.17, 15) is 0 Å². The van der Waals surface area contributed by atoms with E-state index in [1.54, 1.807) is 24.1 Å². The van der Waals surface area contributed by atoms with Gasteiger partial charge in [0.25, 0.3) is 0 Å². The predicted molar refractivity (Wildman–Crippen MR) is 72.2 cm³/mol. The molecule has 0 spiro atoms. The van der Waals surface area contributed by atoms with Crippen molar-refractivity contribution < 1.29 is 9.15 Å². The second kappa shape index (κ2) is 4.53. The molecule has 1 aromatic carbocycles. The van der Waals surface area contributed by atoms with Crippen LogP contribution in [0, 0.1) is 0 Å². The molecule has 0 radical (unpaired) electrons. The molecule has 3 aromatic rings. The molecule has 0 bridgehead atoms. The minimum Gasteiger partial charge on any atom is -0.497 e. The monoisotopic (exact) mass is 255 g/mol. The summed E-state index contributed by atoms with van der Waals surface area (Å²) in [6, 6.07) is 13.0. The molecule has 0 unspecified atom stereocenters. The highest BCUT2D eigenvalue weighted by atomic mass is 16.5.